The Balaban J connectivity index is 2.51. The number of nitrogens with zero attached hydrogens (tertiary/aromatic N) is 1. The summed E-state index contributed by atoms with van der Waals surface area (Å²) in [5.74, 6) is -1.22. The maximum atomic E-state index is 13.3. The molecule has 0 saturated heterocycles. The summed E-state index contributed by atoms with van der Waals surface area (Å²) < 4.78 is 51.3. The number of nitrogens with two attached hydrogens (primary N) is 1. The summed E-state index contributed by atoms with van der Waals surface area (Å²) in [5, 5.41) is 10.2. The standard InChI is InChI=1S/C13H9ClF4N2O/c14-8-4-10(12(19)20-5-8)11(21)6-1-7(13(16,17)18)3-9(15)2-6/h1-5,11,21H,(H2,19,20). The normalized spacial score (nSPS) is 13.2. The van der Waals surface area contributed by atoms with Gasteiger partial charge in [0, 0.05) is 11.8 Å². The van der Waals surface area contributed by atoms with Gasteiger partial charge >= 0.3 is 6.18 Å². The van der Waals surface area contributed by atoms with Gasteiger partial charge in [0.2, 0.25) is 0 Å². The highest BCUT2D eigenvalue weighted by atomic mass is 35.5. The number of hydrogen-bond acceptors (Lipinski definition) is 3. The SMILES string of the molecule is Nc1ncc(Cl)cc1C(O)c1cc(F)cc(C(F)(F)F)c1. The fraction of sp³-hybridized carbons (Fsp3) is 0.154. The average Bonchev–Trinajstić information content (AvgIpc) is 2.39. The first-order valence-corrected chi connectivity index (χ1v) is 6.03. The van der Waals surface area contributed by atoms with E-state index in [-0.39, 0.29) is 22.0 Å². The quantitative estimate of drug-likeness (QED) is 0.832. The zero-order valence-electron chi connectivity index (χ0n) is 10.3. The first kappa shape index (κ1) is 15.5. The topological polar surface area (TPSA) is 59.1 Å². The number of anilines is 1. The molecule has 2 aromatic rings. The Morgan fingerprint density at radius 3 is 2.48 bits per heavy atom. The van der Waals surface area contributed by atoms with E-state index in [1.54, 1.807) is 0 Å². The van der Waals surface area contributed by atoms with Crippen LogP contribution in [0.1, 0.15) is 22.8 Å². The Kier molecular flexibility index (Phi) is 4.06. The van der Waals surface area contributed by atoms with E-state index in [0.29, 0.717) is 12.1 Å². The number of pyridine rings is 1. The molecular formula is C13H9ClF4N2O. The first-order valence-electron chi connectivity index (χ1n) is 5.65. The first-order chi connectivity index (χ1) is 9.68. The molecule has 3 nitrogen and oxygen atoms in total. The third kappa shape index (κ3) is 3.43. The van der Waals surface area contributed by atoms with Gasteiger partial charge in [-0.2, -0.15) is 13.2 Å². The average molecular weight is 321 g/mol. The highest BCUT2D eigenvalue weighted by molar-refractivity contribution is 6.30. The van der Waals surface area contributed by atoms with E-state index in [4.69, 9.17) is 17.3 Å². The summed E-state index contributed by atoms with van der Waals surface area (Å²) >= 11 is 5.70. The van der Waals surface area contributed by atoms with Gasteiger partial charge in [0.25, 0.3) is 0 Å². The summed E-state index contributed by atoms with van der Waals surface area (Å²) in [4.78, 5) is 3.69. The predicted octanol–water partition coefficient (Wildman–Crippen LogP) is 3.56. The molecular weight excluding hydrogens is 312 g/mol. The Labute approximate surface area is 122 Å². The molecule has 1 aromatic carbocycles. The molecule has 0 saturated carbocycles. The van der Waals surface area contributed by atoms with E-state index >= 15 is 0 Å². The lowest BCUT2D eigenvalue weighted by atomic mass is 9.99. The van der Waals surface area contributed by atoms with Crippen molar-refractivity contribution in [3.8, 4) is 0 Å². The number of aliphatic hydroxyl groups is 1. The van der Waals surface area contributed by atoms with Gasteiger partial charge in [-0.1, -0.05) is 11.6 Å². The van der Waals surface area contributed by atoms with E-state index < -0.39 is 23.7 Å². The molecule has 8 heteroatoms. The van der Waals surface area contributed by atoms with Gasteiger partial charge in [-0.15, -0.1) is 0 Å². The second-order valence-corrected chi connectivity index (χ2v) is 4.74. The van der Waals surface area contributed by atoms with Crippen molar-refractivity contribution in [2.75, 3.05) is 5.73 Å². The van der Waals surface area contributed by atoms with Crippen LogP contribution in [0.15, 0.2) is 30.5 Å². The number of aliphatic hydroxyl groups excluding tert-OH is 1. The monoisotopic (exact) mass is 320 g/mol. The van der Waals surface area contributed by atoms with Crippen LogP contribution >= 0.6 is 11.6 Å². The number of rotatable bonds is 2. The third-order valence-corrected chi connectivity index (χ3v) is 2.98. The zero-order valence-corrected chi connectivity index (χ0v) is 11.1. The van der Waals surface area contributed by atoms with Crippen LogP contribution in [-0.2, 0) is 6.18 Å². The van der Waals surface area contributed by atoms with Crippen molar-refractivity contribution in [1.29, 1.82) is 0 Å². The number of halogens is 5. The van der Waals surface area contributed by atoms with Gasteiger partial charge in [0.05, 0.1) is 10.6 Å². The largest absolute Gasteiger partial charge is 0.416 e. The van der Waals surface area contributed by atoms with Crippen molar-refractivity contribution in [2.45, 2.75) is 12.3 Å². The lowest BCUT2D eigenvalue weighted by Gasteiger charge is -2.16. The third-order valence-electron chi connectivity index (χ3n) is 2.77. The van der Waals surface area contributed by atoms with Gasteiger partial charge in [-0.3, -0.25) is 0 Å². The number of alkyl halides is 3. The second kappa shape index (κ2) is 5.50. The van der Waals surface area contributed by atoms with Crippen molar-refractivity contribution in [3.05, 3.63) is 58.0 Å². The Bertz CT molecular complexity index is 676. The van der Waals surface area contributed by atoms with Gasteiger partial charge in [0.15, 0.2) is 0 Å². The van der Waals surface area contributed by atoms with Crippen LogP contribution in [0.5, 0.6) is 0 Å². The van der Waals surface area contributed by atoms with Gasteiger partial charge in [0.1, 0.15) is 17.7 Å². The van der Waals surface area contributed by atoms with E-state index in [1.807, 2.05) is 0 Å². The van der Waals surface area contributed by atoms with Crippen molar-refractivity contribution in [3.63, 3.8) is 0 Å². The number of nitrogen functional groups attached to an aromatic ring is 1. The summed E-state index contributed by atoms with van der Waals surface area (Å²) in [5.41, 5.74) is 4.05. The lowest BCUT2D eigenvalue weighted by molar-refractivity contribution is -0.137. The molecule has 1 aromatic heterocycles. The maximum absolute atomic E-state index is 13.3. The molecule has 1 unspecified atom stereocenters. The Hall–Kier alpha value is -1.86. The molecule has 0 radical (unpaired) electrons. The van der Waals surface area contributed by atoms with Crippen LogP contribution in [0.3, 0.4) is 0 Å². The molecule has 0 amide bonds. The highest BCUT2D eigenvalue weighted by Crippen LogP contribution is 2.34. The van der Waals surface area contributed by atoms with Crippen molar-refractivity contribution < 1.29 is 22.7 Å². The molecule has 3 N–H and O–H groups in total. The smallest absolute Gasteiger partial charge is 0.384 e. The zero-order chi connectivity index (χ0) is 15.8. The van der Waals surface area contributed by atoms with Crippen LogP contribution in [0.2, 0.25) is 5.02 Å². The summed E-state index contributed by atoms with van der Waals surface area (Å²) in [7, 11) is 0. The second-order valence-electron chi connectivity index (χ2n) is 4.30. The number of benzene rings is 1. The molecule has 0 bridgehead atoms. The number of hydrogen-bond donors (Lipinski definition) is 2. The van der Waals surface area contributed by atoms with Crippen molar-refractivity contribution in [2.24, 2.45) is 0 Å². The van der Waals surface area contributed by atoms with Crippen molar-refractivity contribution in [1.82, 2.24) is 4.98 Å². The van der Waals surface area contributed by atoms with E-state index in [1.165, 1.54) is 12.3 Å². The Morgan fingerprint density at radius 2 is 1.86 bits per heavy atom. The minimum absolute atomic E-state index is 0.00113. The van der Waals surface area contributed by atoms with Crippen LogP contribution in [0.25, 0.3) is 0 Å². The maximum Gasteiger partial charge on any atom is 0.416 e. The fourth-order valence-electron chi connectivity index (χ4n) is 1.80. The van der Waals surface area contributed by atoms with E-state index in [2.05, 4.69) is 4.98 Å². The van der Waals surface area contributed by atoms with Gasteiger partial charge in [-0.05, 0) is 29.8 Å². The van der Waals surface area contributed by atoms with Gasteiger partial charge < -0.3 is 10.8 Å². The molecule has 1 atom stereocenters. The molecule has 0 aliphatic heterocycles. The van der Waals surface area contributed by atoms with E-state index in [9.17, 15) is 22.7 Å². The minimum atomic E-state index is -4.73. The van der Waals surface area contributed by atoms with Crippen LogP contribution in [0, 0.1) is 5.82 Å². The van der Waals surface area contributed by atoms with Crippen LogP contribution < -0.4 is 5.73 Å². The van der Waals surface area contributed by atoms with Crippen LogP contribution in [0.4, 0.5) is 23.4 Å². The molecule has 1 heterocycles. The lowest BCUT2D eigenvalue weighted by Crippen LogP contribution is -2.10. The molecule has 2 rings (SSSR count). The Morgan fingerprint density at radius 1 is 1.19 bits per heavy atom. The molecule has 0 aliphatic rings. The summed E-state index contributed by atoms with van der Waals surface area (Å²) in [6.45, 7) is 0. The molecule has 0 spiro atoms. The molecule has 112 valence electrons. The summed E-state index contributed by atoms with van der Waals surface area (Å²) in [6, 6.07) is 3.04. The fourth-order valence-corrected chi connectivity index (χ4v) is 1.96. The van der Waals surface area contributed by atoms with Crippen LogP contribution in [-0.4, -0.2) is 10.1 Å². The number of aromatic nitrogens is 1. The predicted molar refractivity (Wildman–Crippen MR) is 69.1 cm³/mol. The summed E-state index contributed by atoms with van der Waals surface area (Å²) in [6.07, 6.45) is -5.08. The molecule has 0 fully saturated rings. The highest BCUT2D eigenvalue weighted by Gasteiger charge is 2.32. The van der Waals surface area contributed by atoms with E-state index in [0.717, 1.165) is 6.07 Å². The van der Waals surface area contributed by atoms with Gasteiger partial charge in [-0.25, -0.2) is 9.37 Å². The molecule has 21 heavy (non-hydrogen) atoms. The molecule has 0 aliphatic carbocycles. The minimum Gasteiger partial charge on any atom is -0.384 e. The van der Waals surface area contributed by atoms with Crippen molar-refractivity contribution >= 4 is 17.4 Å².